The Kier molecular flexibility index (Phi) is 4.29. The molecule has 0 unspecified atom stereocenters. The lowest BCUT2D eigenvalue weighted by molar-refractivity contribution is -0.0225. The first-order chi connectivity index (χ1) is 12.1. The highest BCUT2D eigenvalue weighted by atomic mass is 79.9. The number of thiophene rings is 1. The summed E-state index contributed by atoms with van der Waals surface area (Å²) in [7, 11) is 0. The monoisotopic (exact) mass is 419 g/mol. The molecule has 0 saturated heterocycles. The van der Waals surface area contributed by atoms with Crippen molar-refractivity contribution in [2.75, 3.05) is 0 Å². The van der Waals surface area contributed by atoms with Crippen molar-refractivity contribution in [1.82, 2.24) is 9.97 Å². The number of fused-ring (bicyclic) bond motifs is 1. The normalized spacial score (nSPS) is 16.8. The van der Waals surface area contributed by atoms with Crippen molar-refractivity contribution in [3.63, 3.8) is 0 Å². The van der Waals surface area contributed by atoms with E-state index in [9.17, 15) is 4.79 Å². The van der Waals surface area contributed by atoms with Gasteiger partial charge in [-0.25, -0.2) is 9.78 Å². The van der Waals surface area contributed by atoms with E-state index in [0.717, 1.165) is 52.5 Å². The molecule has 0 aliphatic heterocycles. The number of primary amides is 1. The number of amides is 1. The Balaban J connectivity index is 1.75. The molecule has 1 aliphatic rings. The summed E-state index contributed by atoms with van der Waals surface area (Å²) in [4.78, 5) is 20.7. The van der Waals surface area contributed by atoms with Crippen LogP contribution >= 0.6 is 27.3 Å². The summed E-state index contributed by atoms with van der Waals surface area (Å²) in [5, 5.41) is 0. The summed E-state index contributed by atoms with van der Waals surface area (Å²) in [5.41, 5.74) is 7.55. The summed E-state index contributed by atoms with van der Waals surface area (Å²) in [6.45, 7) is 0. The van der Waals surface area contributed by atoms with Crippen molar-refractivity contribution >= 4 is 44.4 Å². The van der Waals surface area contributed by atoms with Crippen molar-refractivity contribution in [3.8, 4) is 10.4 Å². The van der Waals surface area contributed by atoms with Crippen LogP contribution in [0.4, 0.5) is 4.79 Å². The fraction of sp³-hybridized carbons (Fsp3) is 0.333. The van der Waals surface area contributed by atoms with Gasteiger partial charge >= 0.3 is 6.09 Å². The number of rotatable bonds is 3. The minimum absolute atomic E-state index is 0.700. The average Bonchev–Trinajstić information content (AvgIpc) is 3.20. The lowest BCUT2D eigenvalue weighted by atomic mass is 9.84. The molecule has 1 aliphatic carbocycles. The first kappa shape index (κ1) is 16.6. The highest BCUT2D eigenvalue weighted by Gasteiger charge is 2.40. The number of halogens is 1. The zero-order chi connectivity index (χ0) is 17.4. The number of nitrogens with zero attached hydrogens (tertiary/aromatic N) is 1. The summed E-state index contributed by atoms with van der Waals surface area (Å²) in [6.07, 6.45) is 3.89. The summed E-state index contributed by atoms with van der Waals surface area (Å²) >= 11 is 5.19. The molecule has 1 aromatic carbocycles. The average molecular weight is 420 g/mol. The van der Waals surface area contributed by atoms with E-state index in [-0.39, 0.29) is 0 Å². The quantitative estimate of drug-likeness (QED) is 0.603. The van der Waals surface area contributed by atoms with Gasteiger partial charge in [-0.05, 0) is 71.4 Å². The highest BCUT2D eigenvalue weighted by Crippen LogP contribution is 2.40. The summed E-state index contributed by atoms with van der Waals surface area (Å²) in [6, 6.07) is 10.3. The van der Waals surface area contributed by atoms with Crippen LogP contribution in [0.25, 0.3) is 21.5 Å². The molecule has 3 N–H and O–H groups in total. The first-order valence-electron chi connectivity index (χ1n) is 8.30. The number of carbonyl (C=O) groups excluding carboxylic acids is 1. The van der Waals surface area contributed by atoms with E-state index >= 15 is 0 Å². The second kappa shape index (κ2) is 6.46. The van der Waals surface area contributed by atoms with E-state index < -0.39 is 11.7 Å². The number of imidazole rings is 1. The number of carbonyl (C=O) groups is 1. The number of H-pyrrole nitrogens is 1. The van der Waals surface area contributed by atoms with E-state index in [4.69, 9.17) is 15.5 Å². The van der Waals surface area contributed by atoms with Gasteiger partial charge in [-0.1, -0.05) is 12.5 Å². The molecule has 0 atom stereocenters. The van der Waals surface area contributed by atoms with Crippen molar-refractivity contribution in [1.29, 1.82) is 0 Å². The summed E-state index contributed by atoms with van der Waals surface area (Å²) < 4.78 is 6.65. The fourth-order valence-electron chi connectivity index (χ4n) is 3.55. The van der Waals surface area contributed by atoms with Crippen LogP contribution in [-0.2, 0) is 10.3 Å². The predicted molar refractivity (Wildman–Crippen MR) is 103 cm³/mol. The van der Waals surface area contributed by atoms with Gasteiger partial charge in [-0.15, -0.1) is 11.3 Å². The van der Waals surface area contributed by atoms with Crippen LogP contribution in [0.15, 0.2) is 34.1 Å². The second-order valence-corrected chi connectivity index (χ2v) is 8.86. The van der Waals surface area contributed by atoms with Crippen molar-refractivity contribution in [2.24, 2.45) is 5.73 Å². The Morgan fingerprint density at radius 3 is 2.72 bits per heavy atom. The van der Waals surface area contributed by atoms with Crippen molar-refractivity contribution in [3.05, 3.63) is 39.9 Å². The molecule has 130 valence electrons. The number of nitrogens with two attached hydrogens (primary N) is 1. The van der Waals surface area contributed by atoms with Crippen molar-refractivity contribution < 1.29 is 9.53 Å². The largest absolute Gasteiger partial charge is 0.435 e. The number of hydrogen-bond acceptors (Lipinski definition) is 4. The standard InChI is InChI=1S/C18H18BrN3O2S/c19-15-7-6-14(25-15)11-4-5-12-13(10-11)22-16(21-12)18(24-17(20)23)8-2-1-3-9-18/h4-7,10H,1-3,8-9H2,(H2,20,23)(H,21,22). The Bertz CT molecular complexity index is 927. The number of ether oxygens (including phenoxy) is 1. The SMILES string of the molecule is NC(=O)OC1(c2nc3ccc(-c4ccc(Br)s4)cc3[nH]2)CCCCC1. The maximum Gasteiger partial charge on any atom is 0.405 e. The molecule has 7 heteroatoms. The molecule has 1 amide bonds. The van der Waals surface area contributed by atoms with Gasteiger partial charge < -0.3 is 15.5 Å². The molecule has 3 aromatic rings. The van der Waals surface area contributed by atoms with E-state index in [1.54, 1.807) is 11.3 Å². The molecule has 0 bridgehead atoms. The lowest BCUT2D eigenvalue weighted by Gasteiger charge is -2.34. The topological polar surface area (TPSA) is 81.0 Å². The van der Waals surface area contributed by atoms with Gasteiger partial charge in [0.05, 0.1) is 14.8 Å². The molecular weight excluding hydrogens is 402 g/mol. The van der Waals surface area contributed by atoms with E-state index in [1.165, 1.54) is 4.88 Å². The van der Waals surface area contributed by atoms with Crippen molar-refractivity contribution in [2.45, 2.75) is 37.7 Å². The van der Waals surface area contributed by atoms with Crippen LogP contribution in [0.3, 0.4) is 0 Å². The number of aromatic nitrogens is 2. The Hall–Kier alpha value is -1.86. The smallest absolute Gasteiger partial charge is 0.405 e. The minimum atomic E-state index is -0.744. The minimum Gasteiger partial charge on any atom is -0.435 e. The van der Waals surface area contributed by atoms with Gasteiger partial charge in [0.25, 0.3) is 0 Å². The van der Waals surface area contributed by atoms with Crippen LogP contribution < -0.4 is 5.73 Å². The van der Waals surface area contributed by atoms with Crippen LogP contribution in [0, 0.1) is 0 Å². The van der Waals surface area contributed by atoms with Gasteiger partial charge in [0.2, 0.25) is 0 Å². The molecule has 0 spiro atoms. The van der Waals surface area contributed by atoms with Crippen LogP contribution in [-0.4, -0.2) is 16.1 Å². The molecule has 0 radical (unpaired) electrons. The third kappa shape index (κ3) is 3.18. The van der Waals surface area contributed by atoms with Crippen LogP contribution in [0.2, 0.25) is 0 Å². The number of nitrogens with one attached hydrogen (secondary N) is 1. The van der Waals surface area contributed by atoms with E-state index in [1.807, 2.05) is 12.1 Å². The zero-order valence-electron chi connectivity index (χ0n) is 13.5. The molecule has 2 aromatic heterocycles. The Morgan fingerprint density at radius 1 is 1.24 bits per heavy atom. The van der Waals surface area contributed by atoms with Gasteiger partial charge in [-0.3, -0.25) is 0 Å². The lowest BCUT2D eigenvalue weighted by Crippen LogP contribution is -2.37. The first-order valence-corrected chi connectivity index (χ1v) is 9.91. The number of aromatic amines is 1. The number of benzene rings is 1. The Labute approximate surface area is 157 Å². The predicted octanol–water partition coefficient (Wildman–Crippen LogP) is 5.31. The summed E-state index contributed by atoms with van der Waals surface area (Å²) in [5.74, 6) is 0.700. The third-order valence-corrected chi connectivity index (χ3v) is 6.40. The fourth-order valence-corrected chi connectivity index (χ4v) is 4.93. The second-order valence-electron chi connectivity index (χ2n) is 6.40. The van der Waals surface area contributed by atoms with E-state index in [0.29, 0.717) is 5.82 Å². The van der Waals surface area contributed by atoms with Gasteiger partial charge in [-0.2, -0.15) is 0 Å². The van der Waals surface area contributed by atoms with E-state index in [2.05, 4.69) is 39.1 Å². The molecular formula is C18H18BrN3O2S. The molecule has 1 saturated carbocycles. The molecule has 5 nitrogen and oxygen atoms in total. The molecule has 4 rings (SSSR count). The maximum atomic E-state index is 11.5. The molecule has 2 heterocycles. The molecule has 1 fully saturated rings. The van der Waals surface area contributed by atoms with Gasteiger partial charge in [0.1, 0.15) is 0 Å². The zero-order valence-corrected chi connectivity index (χ0v) is 16.0. The Morgan fingerprint density at radius 2 is 2.04 bits per heavy atom. The van der Waals surface area contributed by atoms with Gasteiger partial charge in [0, 0.05) is 4.88 Å². The number of hydrogen-bond donors (Lipinski definition) is 2. The van der Waals surface area contributed by atoms with Gasteiger partial charge in [0.15, 0.2) is 11.4 Å². The van der Waals surface area contributed by atoms with Crippen LogP contribution in [0.1, 0.15) is 37.9 Å². The highest BCUT2D eigenvalue weighted by molar-refractivity contribution is 9.11. The molecule has 25 heavy (non-hydrogen) atoms. The third-order valence-electron chi connectivity index (χ3n) is 4.73. The van der Waals surface area contributed by atoms with Crippen LogP contribution in [0.5, 0.6) is 0 Å². The maximum absolute atomic E-state index is 11.5.